The monoisotopic (exact) mass is 135 g/mol. The van der Waals surface area contributed by atoms with Crippen LogP contribution in [0.25, 0.3) is 0 Å². The Hall–Kier alpha value is -0.820. The normalized spacial score (nSPS) is 22.6. The van der Waals surface area contributed by atoms with E-state index in [1.54, 1.807) is 6.08 Å². The second-order valence-electron chi connectivity index (χ2n) is 2.37. The van der Waals surface area contributed by atoms with Gasteiger partial charge in [-0.25, -0.2) is 0 Å². The molecule has 0 aromatic rings. The van der Waals surface area contributed by atoms with Crippen molar-refractivity contribution in [3.63, 3.8) is 0 Å². The van der Waals surface area contributed by atoms with Crippen molar-refractivity contribution >= 4 is 0 Å². The molecule has 1 aliphatic heterocycles. The van der Waals surface area contributed by atoms with E-state index in [-0.39, 0.29) is 0 Å². The molecule has 0 spiro atoms. The first-order chi connectivity index (χ1) is 4.93. The van der Waals surface area contributed by atoms with E-state index in [0.717, 1.165) is 13.1 Å². The molecular formula is C9H13N. The van der Waals surface area contributed by atoms with Crippen LogP contribution in [0.2, 0.25) is 0 Å². The highest BCUT2D eigenvalue weighted by atomic mass is 14.9. The second-order valence-corrected chi connectivity index (χ2v) is 2.37. The molecule has 0 unspecified atom stereocenters. The van der Waals surface area contributed by atoms with Gasteiger partial charge in [0.05, 0.1) is 0 Å². The molecule has 0 bridgehead atoms. The largest absolute Gasteiger partial charge is 0.313 e. The van der Waals surface area contributed by atoms with E-state index < -0.39 is 0 Å². The fourth-order valence-electron chi connectivity index (χ4n) is 0.999. The molecule has 1 aliphatic rings. The lowest BCUT2D eigenvalue weighted by Crippen LogP contribution is -2.04. The van der Waals surface area contributed by atoms with Crippen LogP contribution in [0.5, 0.6) is 0 Å². The van der Waals surface area contributed by atoms with E-state index in [4.69, 9.17) is 0 Å². The van der Waals surface area contributed by atoms with Crippen molar-refractivity contribution in [2.45, 2.75) is 6.42 Å². The fourth-order valence-corrected chi connectivity index (χ4v) is 0.999. The van der Waals surface area contributed by atoms with Crippen molar-refractivity contribution in [2.75, 3.05) is 13.1 Å². The van der Waals surface area contributed by atoms with Gasteiger partial charge >= 0.3 is 0 Å². The molecular weight excluding hydrogens is 122 g/mol. The molecule has 0 aliphatic carbocycles. The lowest BCUT2D eigenvalue weighted by atomic mass is 10.2. The van der Waals surface area contributed by atoms with E-state index >= 15 is 0 Å². The molecule has 0 amide bonds. The quantitative estimate of drug-likeness (QED) is 0.568. The first-order valence-electron chi connectivity index (χ1n) is 3.61. The minimum absolute atomic E-state index is 1.06. The summed E-state index contributed by atoms with van der Waals surface area (Å²) in [6.07, 6.45) is 9.13. The van der Waals surface area contributed by atoms with Crippen molar-refractivity contribution in [1.29, 1.82) is 0 Å². The van der Waals surface area contributed by atoms with E-state index in [1.165, 1.54) is 12.0 Å². The Bertz CT molecular complexity index is 158. The Morgan fingerprint density at radius 1 is 1.40 bits per heavy atom. The molecule has 0 atom stereocenters. The van der Waals surface area contributed by atoms with Crippen molar-refractivity contribution in [1.82, 2.24) is 5.32 Å². The highest BCUT2D eigenvalue weighted by molar-refractivity contribution is 5.18. The van der Waals surface area contributed by atoms with Crippen molar-refractivity contribution < 1.29 is 0 Å². The summed E-state index contributed by atoms with van der Waals surface area (Å²) >= 11 is 0. The number of allylic oxidation sites excluding steroid dienone is 4. The summed E-state index contributed by atoms with van der Waals surface area (Å²) in [6, 6.07) is 0. The third-order valence-electron chi connectivity index (χ3n) is 1.55. The van der Waals surface area contributed by atoms with Crippen LogP contribution in [0.4, 0.5) is 0 Å². The number of rotatable bonds is 2. The molecule has 0 aromatic heterocycles. The SMILES string of the molecule is C=C/C=C\C=C1/CCNC1. The van der Waals surface area contributed by atoms with Crippen LogP contribution < -0.4 is 5.32 Å². The van der Waals surface area contributed by atoms with Gasteiger partial charge in [0, 0.05) is 6.54 Å². The van der Waals surface area contributed by atoms with Gasteiger partial charge in [-0.2, -0.15) is 0 Å². The lowest BCUT2D eigenvalue weighted by molar-refractivity contribution is 0.862. The maximum Gasteiger partial charge on any atom is 0.0168 e. The molecule has 0 radical (unpaired) electrons. The molecule has 1 N–H and O–H groups in total. The summed E-state index contributed by atoms with van der Waals surface area (Å²) in [6.45, 7) is 5.78. The molecule has 1 nitrogen and oxygen atoms in total. The van der Waals surface area contributed by atoms with Gasteiger partial charge in [-0.1, -0.05) is 36.5 Å². The van der Waals surface area contributed by atoms with Crippen LogP contribution in [0, 0.1) is 0 Å². The fraction of sp³-hybridized carbons (Fsp3) is 0.333. The molecule has 54 valence electrons. The van der Waals surface area contributed by atoms with Gasteiger partial charge in [0.1, 0.15) is 0 Å². The van der Waals surface area contributed by atoms with E-state index in [2.05, 4.69) is 18.0 Å². The van der Waals surface area contributed by atoms with Crippen molar-refractivity contribution in [3.8, 4) is 0 Å². The summed E-state index contributed by atoms with van der Waals surface area (Å²) in [5, 5.41) is 3.27. The molecule has 0 aromatic carbocycles. The number of nitrogens with one attached hydrogen (secondary N) is 1. The predicted octanol–water partition coefficient (Wildman–Crippen LogP) is 1.65. The highest BCUT2D eigenvalue weighted by Gasteiger charge is 2.02. The Balaban J connectivity index is 2.37. The third kappa shape index (κ3) is 2.19. The summed E-state index contributed by atoms with van der Waals surface area (Å²) < 4.78 is 0. The smallest absolute Gasteiger partial charge is 0.0168 e. The molecule has 0 saturated carbocycles. The highest BCUT2D eigenvalue weighted by Crippen LogP contribution is 2.04. The van der Waals surface area contributed by atoms with E-state index in [0.29, 0.717) is 0 Å². The molecule has 1 fully saturated rings. The average Bonchev–Trinajstić information content (AvgIpc) is 2.41. The summed E-state index contributed by atoms with van der Waals surface area (Å²) in [5.74, 6) is 0. The molecule has 1 heteroatoms. The van der Waals surface area contributed by atoms with Gasteiger partial charge < -0.3 is 5.32 Å². The second kappa shape index (κ2) is 4.07. The van der Waals surface area contributed by atoms with Gasteiger partial charge in [-0.05, 0) is 13.0 Å². The first kappa shape index (κ1) is 7.29. The molecule has 1 heterocycles. The number of hydrogen-bond acceptors (Lipinski definition) is 1. The first-order valence-corrected chi connectivity index (χ1v) is 3.61. The molecule has 1 saturated heterocycles. The van der Waals surface area contributed by atoms with Crippen LogP contribution in [-0.2, 0) is 0 Å². The van der Waals surface area contributed by atoms with Crippen LogP contribution >= 0.6 is 0 Å². The number of hydrogen-bond donors (Lipinski definition) is 1. The van der Waals surface area contributed by atoms with Crippen molar-refractivity contribution in [2.24, 2.45) is 0 Å². The maximum absolute atomic E-state index is 3.59. The Morgan fingerprint density at radius 3 is 2.90 bits per heavy atom. The Labute approximate surface area is 62.1 Å². The van der Waals surface area contributed by atoms with Crippen LogP contribution in [0.1, 0.15) is 6.42 Å². The Morgan fingerprint density at radius 2 is 2.30 bits per heavy atom. The van der Waals surface area contributed by atoms with E-state index in [9.17, 15) is 0 Å². The minimum atomic E-state index is 1.06. The van der Waals surface area contributed by atoms with Gasteiger partial charge in [0.15, 0.2) is 0 Å². The minimum Gasteiger partial charge on any atom is -0.313 e. The summed E-state index contributed by atoms with van der Waals surface area (Å²) in [7, 11) is 0. The predicted molar refractivity (Wildman–Crippen MR) is 44.9 cm³/mol. The van der Waals surface area contributed by atoms with Gasteiger partial charge in [-0.15, -0.1) is 0 Å². The molecule has 10 heavy (non-hydrogen) atoms. The van der Waals surface area contributed by atoms with E-state index in [1.807, 2.05) is 12.2 Å². The van der Waals surface area contributed by atoms with Gasteiger partial charge in [0.25, 0.3) is 0 Å². The van der Waals surface area contributed by atoms with Crippen LogP contribution in [0.15, 0.2) is 36.5 Å². The topological polar surface area (TPSA) is 12.0 Å². The van der Waals surface area contributed by atoms with Gasteiger partial charge in [0.2, 0.25) is 0 Å². The summed E-state index contributed by atoms with van der Waals surface area (Å²) in [4.78, 5) is 0. The summed E-state index contributed by atoms with van der Waals surface area (Å²) in [5.41, 5.74) is 1.48. The zero-order valence-electron chi connectivity index (χ0n) is 6.14. The zero-order chi connectivity index (χ0) is 7.23. The standard InChI is InChI=1S/C9H13N/c1-2-3-4-5-9-6-7-10-8-9/h2-5,10H,1,6-8H2/b4-3-,9-5+. The average molecular weight is 135 g/mol. The van der Waals surface area contributed by atoms with Crippen LogP contribution in [0.3, 0.4) is 0 Å². The zero-order valence-corrected chi connectivity index (χ0v) is 6.14. The van der Waals surface area contributed by atoms with Crippen LogP contribution in [-0.4, -0.2) is 13.1 Å². The lowest BCUT2D eigenvalue weighted by Gasteiger charge is -1.87. The maximum atomic E-state index is 3.59. The third-order valence-corrected chi connectivity index (χ3v) is 1.55. The Kier molecular flexibility index (Phi) is 2.97. The van der Waals surface area contributed by atoms with Crippen molar-refractivity contribution in [3.05, 3.63) is 36.5 Å². The van der Waals surface area contributed by atoms with Gasteiger partial charge in [-0.3, -0.25) is 0 Å². The molecule has 1 rings (SSSR count).